The highest BCUT2D eigenvalue weighted by Crippen LogP contribution is 2.38. The molecule has 2 N–H and O–H groups in total. The van der Waals surface area contributed by atoms with Gasteiger partial charge in [0.15, 0.2) is 0 Å². The summed E-state index contributed by atoms with van der Waals surface area (Å²) in [6.07, 6.45) is 1.13. The molecule has 3 heterocycles. The third-order valence-electron chi connectivity index (χ3n) is 9.88. The maximum atomic E-state index is 13.1. The second-order valence-electron chi connectivity index (χ2n) is 13.7. The van der Waals surface area contributed by atoms with Gasteiger partial charge < -0.3 is 19.4 Å². The molecule has 1 saturated heterocycles. The van der Waals surface area contributed by atoms with Crippen LogP contribution < -0.4 is 19.5 Å². The van der Waals surface area contributed by atoms with Crippen LogP contribution in [0.1, 0.15) is 49.9 Å². The molecule has 0 saturated carbocycles. The van der Waals surface area contributed by atoms with Crippen LogP contribution in [0.5, 0.6) is 0 Å². The third-order valence-corrected chi connectivity index (χ3v) is 13.5. The zero-order chi connectivity index (χ0) is 37.6. The molecule has 16 heteroatoms. The van der Waals surface area contributed by atoms with Gasteiger partial charge in [-0.15, -0.1) is 0 Å². The van der Waals surface area contributed by atoms with Crippen LogP contribution in [0.15, 0.2) is 94.7 Å². The van der Waals surface area contributed by atoms with E-state index in [4.69, 9.17) is 19.8 Å². The zero-order valence-corrected chi connectivity index (χ0v) is 30.6. The van der Waals surface area contributed by atoms with Gasteiger partial charge in [-0.05, 0) is 123 Å². The number of fused-ring (bicyclic) bond motifs is 2. The minimum Gasteiger partial charge on any atom is -0.423 e. The van der Waals surface area contributed by atoms with Crippen LogP contribution in [-0.4, -0.2) is 65.4 Å². The number of benzene rings is 4. The monoisotopic (exact) mass is 738 g/mol. The minimum absolute atomic E-state index is 0.121. The first-order chi connectivity index (χ1) is 24.5. The Bertz CT molecular complexity index is 2310. The number of anilines is 2. The van der Waals surface area contributed by atoms with Gasteiger partial charge in [-0.1, -0.05) is 24.3 Å². The standard InChI is InChI=1S/C21H23BN2O4S.C15H13BN2O4S/c1-20(2)21(3,4)28-22(27-20)17-7-10-19-16(13-17)11-12-24(19)29(25,26)18-8-5-15(14-23)6-9-18;17-10-11-1-4-14(5-2-11)23(21,22)18-8-7-12-9-13(16(19)20)3-6-15(12)18/h5-10,13H,11-12H2,1-4H3;1-6,9,19-20H,7-8H2. The average Bonchev–Trinajstić information content (AvgIpc) is 3.81. The van der Waals surface area contributed by atoms with Crippen LogP contribution in [0.25, 0.3) is 0 Å². The molecule has 7 rings (SSSR count). The fourth-order valence-electron chi connectivity index (χ4n) is 6.23. The largest absolute Gasteiger partial charge is 0.494 e. The highest BCUT2D eigenvalue weighted by atomic mass is 32.2. The number of hydrogen-bond donors (Lipinski definition) is 2. The summed E-state index contributed by atoms with van der Waals surface area (Å²) in [6.45, 7) is 8.70. The van der Waals surface area contributed by atoms with Gasteiger partial charge in [0.25, 0.3) is 20.0 Å². The Morgan fingerprint density at radius 2 is 1.10 bits per heavy atom. The second kappa shape index (κ2) is 13.7. The molecule has 0 atom stereocenters. The van der Waals surface area contributed by atoms with Crippen molar-refractivity contribution in [1.82, 2.24) is 0 Å². The highest BCUT2D eigenvalue weighted by Gasteiger charge is 2.52. The first-order valence-corrected chi connectivity index (χ1v) is 19.4. The van der Waals surface area contributed by atoms with Crippen molar-refractivity contribution in [1.29, 1.82) is 10.5 Å². The summed E-state index contributed by atoms with van der Waals surface area (Å²) >= 11 is 0. The summed E-state index contributed by atoms with van der Waals surface area (Å²) in [4.78, 5) is 0.301. The molecular weight excluding hydrogens is 702 g/mol. The molecule has 12 nitrogen and oxygen atoms in total. The fourth-order valence-corrected chi connectivity index (χ4v) is 9.23. The predicted molar refractivity (Wildman–Crippen MR) is 197 cm³/mol. The highest BCUT2D eigenvalue weighted by molar-refractivity contribution is 7.93. The molecule has 52 heavy (non-hydrogen) atoms. The molecule has 3 aliphatic rings. The maximum absolute atomic E-state index is 13.1. The zero-order valence-electron chi connectivity index (χ0n) is 29.0. The molecule has 0 aromatic heterocycles. The first-order valence-electron chi connectivity index (χ1n) is 16.5. The van der Waals surface area contributed by atoms with Crippen molar-refractivity contribution in [2.24, 2.45) is 0 Å². The summed E-state index contributed by atoms with van der Waals surface area (Å²) in [6, 6.07) is 26.1. The lowest BCUT2D eigenvalue weighted by atomic mass is 9.78. The van der Waals surface area contributed by atoms with Gasteiger partial charge in [0.05, 0.1) is 55.6 Å². The van der Waals surface area contributed by atoms with Crippen molar-refractivity contribution in [2.45, 2.75) is 61.5 Å². The smallest absolute Gasteiger partial charge is 0.423 e. The molecule has 0 bridgehead atoms. The van der Waals surface area contributed by atoms with Gasteiger partial charge in [-0.25, -0.2) is 16.8 Å². The van der Waals surface area contributed by atoms with Crippen LogP contribution >= 0.6 is 0 Å². The molecule has 3 aliphatic heterocycles. The molecule has 0 spiro atoms. The van der Waals surface area contributed by atoms with E-state index < -0.39 is 45.5 Å². The number of nitrogens with zero attached hydrogens (tertiary/aromatic N) is 4. The molecule has 0 amide bonds. The molecule has 0 unspecified atom stereocenters. The van der Waals surface area contributed by atoms with Crippen molar-refractivity contribution in [3.63, 3.8) is 0 Å². The van der Waals surface area contributed by atoms with Crippen molar-refractivity contribution >= 4 is 56.6 Å². The van der Waals surface area contributed by atoms with Crippen LogP contribution in [-0.2, 0) is 42.2 Å². The molecular formula is C36H36B2N4O8S2. The summed E-state index contributed by atoms with van der Waals surface area (Å²) in [7, 11) is -9.45. The van der Waals surface area contributed by atoms with E-state index in [2.05, 4.69) is 0 Å². The molecule has 4 aromatic rings. The van der Waals surface area contributed by atoms with E-state index in [9.17, 15) is 26.9 Å². The van der Waals surface area contributed by atoms with E-state index in [0.717, 1.165) is 16.6 Å². The Labute approximate surface area is 304 Å². The van der Waals surface area contributed by atoms with Crippen LogP contribution in [0.2, 0.25) is 0 Å². The average molecular weight is 738 g/mol. The summed E-state index contributed by atoms with van der Waals surface area (Å²) < 4.78 is 66.7. The molecule has 0 radical (unpaired) electrons. The van der Waals surface area contributed by atoms with Gasteiger partial charge in [-0.2, -0.15) is 10.5 Å². The normalized spacial score (nSPS) is 17.0. The van der Waals surface area contributed by atoms with E-state index >= 15 is 0 Å². The second-order valence-corrected chi connectivity index (χ2v) is 17.4. The number of rotatable bonds is 6. The van der Waals surface area contributed by atoms with Gasteiger partial charge in [0.2, 0.25) is 0 Å². The molecule has 4 aromatic carbocycles. The van der Waals surface area contributed by atoms with Gasteiger partial charge in [0.1, 0.15) is 0 Å². The Morgan fingerprint density at radius 3 is 1.52 bits per heavy atom. The lowest BCUT2D eigenvalue weighted by Gasteiger charge is -2.32. The quantitative estimate of drug-likeness (QED) is 0.279. The van der Waals surface area contributed by atoms with Crippen LogP contribution in [0, 0.1) is 22.7 Å². The van der Waals surface area contributed by atoms with Crippen LogP contribution in [0.4, 0.5) is 11.4 Å². The van der Waals surface area contributed by atoms with Crippen molar-refractivity contribution in [3.8, 4) is 12.1 Å². The predicted octanol–water partition coefficient (Wildman–Crippen LogP) is 2.60. The number of sulfonamides is 2. The summed E-state index contributed by atoms with van der Waals surface area (Å²) in [5.74, 6) is 0. The van der Waals surface area contributed by atoms with Gasteiger partial charge in [0, 0.05) is 13.1 Å². The lowest BCUT2D eigenvalue weighted by molar-refractivity contribution is 0.00578. The Morgan fingerprint density at radius 1 is 0.673 bits per heavy atom. The van der Waals surface area contributed by atoms with E-state index in [-0.39, 0.29) is 9.79 Å². The minimum atomic E-state index is -3.71. The van der Waals surface area contributed by atoms with Crippen molar-refractivity contribution in [2.75, 3.05) is 21.7 Å². The summed E-state index contributed by atoms with van der Waals surface area (Å²) in [5.41, 5.74) is 4.12. The lowest BCUT2D eigenvalue weighted by Crippen LogP contribution is -2.41. The Balaban J connectivity index is 0.000000183. The summed E-state index contributed by atoms with van der Waals surface area (Å²) in [5, 5.41) is 36.1. The molecule has 0 aliphatic carbocycles. The van der Waals surface area contributed by atoms with E-state index in [0.29, 0.717) is 53.9 Å². The van der Waals surface area contributed by atoms with Gasteiger partial charge in [-0.3, -0.25) is 8.61 Å². The van der Waals surface area contributed by atoms with E-state index in [1.807, 2.05) is 58.0 Å². The SMILES string of the molecule is CC1(C)OB(c2ccc3c(c2)CCN3S(=O)(=O)c2ccc(C#N)cc2)OC1(C)C.N#Cc1ccc(S(=O)(=O)N2CCc3cc(B(O)O)ccc32)cc1. The fraction of sp³-hybridized carbons (Fsp3) is 0.278. The van der Waals surface area contributed by atoms with Crippen LogP contribution in [0.3, 0.4) is 0 Å². The van der Waals surface area contributed by atoms with E-state index in [1.54, 1.807) is 12.1 Å². The van der Waals surface area contributed by atoms with Crippen molar-refractivity contribution < 1.29 is 36.2 Å². The maximum Gasteiger partial charge on any atom is 0.494 e. The Hall–Kier alpha value is -4.67. The molecule has 266 valence electrons. The number of hydrogen-bond acceptors (Lipinski definition) is 10. The third kappa shape index (κ3) is 6.81. The Kier molecular flexibility index (Phi) is 9.78. The van der Waals surface area contributed by atoms with Gasteiger partial charge >= 0.3 is 14.2 Å². The topological polar surface area (TPSA) is 181 Å². The van der Waals surface area contributed by atoms with Crippen molar-refractivity contribution in [3.05, 3.63) is 107 Å². The number of nitriles is 2. The first kappa shape index (κ1) is 37.1. The van der Waals surface area contributed by atoms with E-state index in [1.165, 1.54) is 63.2 Å². The molecule has 1 fully saturated rings.